The first-order chi connectivity index (χ1) is 8.74. The van der Waals surface area contributed by atoms with Crippen LogP contribution in [0.3, 0.4) is 0 Å². The number of benzene rings is 1. The lowest BCUT2D eigenvalue weighted by Crippen LogP contribution is -2.46. The van der Waals surface area contributed by atoms with E-state index in [0.29, 0.717) is 11.3 Å². The van der Waals surface area contributed by atoms with Crippen molar-refractivity contribution in [2.75, 3.05) is 20.3 Å². The monoisotopic (exact) mass is 250 g/mol. The second kappa shape index (κ2) is 5.70. The SMILES string of the molecule is CNC[N+]1(CCc2cccc(F)c2)C=CNN=N1. The lowest BCUT2D eigenvalue weighted by molar-refractivity contribution is -0.895. The molecule has 0 saturated heterocycles. The summed E-state index contributed by atoms with van der Waals surface area (Å²) in [7, 11) is 1.87. The molecule has 0 amide bonds. The molecule has 6 heteroatoms. The van der Waals surface area contributed by atoms with Gasteiger partial charge in [-0.2, -0.15) is 0 Å². The Labute approximate surface area is 106 Å². The molecule has 0 spiro atoms. The number of quaternary nitrogens is 1. The van der Waals surface area contributed by atoms with Crippen molar-refractivity contribution in [3.05, 3.63) is 48.0 Å². The lowest BCUT2D eigenvalue weighted by Gasteiger charge is -2.27. The minimum absolute atomic E-state index is 0.204. The lowest BCUT2D eigenvalue weighted by atomic mass is 10.1. The van der Waals surface area contributed by atoms with Crippen LogP contribution in [0.15, 0.2) is 47.1 Å². The fourth-order valence-electron chi connectivity index (χ4n) is 1.92. The Bertz CT molecular complexity index is 446. The molecule has 1 aromatic rings. The van der Waals surface area contributed by atoms with Crippen molar-refractivity contribution in [3.8, 4) is 0 Å². The van der Waals surface area contributed by atoms with Crippen LogP contribution >= 0.6 is 0 Å². The van der Waals surface area contributed by atoms with Gasteiger partial charge in [0.1, 0.15) is 18.6 Å². The zero-order valence-electron chi connectivity index (χ0n) is 10.3. The topological polar surface area (TPSA) is 48.8 Å². The summed E-state index contributed by atoms with van der Waals surface area (Å²) in [6.07, 6.45) is 4.43. The molecular formula is C12H17FN5+. The maximum Gasteiger partial charge on any atom is 0.163 e. The Morgan fingerprint density at radius 1 is 1.44 bits per heavy atom. The third-order valence-corrected chi connectivity index (χ3v) is 2.82. The average molecular weight is 250 g/mol. The van der Waals surface area contributed by atoms with Crippen molar-refractivity contribution in [1.29, 1.82) is 0 Å². The van der Waals surface area contributed by atoms with Crippen LogP contribution in [0.25, 0.3) is 0 Å². The van der Waals surface area contributed by atoms with Crippen LogP contribution in [0.4, 0.5) is 4.39 Å². The maximum atomic E-state index is 13.1. The molecule has 0 saturated carbocycles. The first-order valence-corrected chi connectivity index (χ1v) is 5.85. The summed E-state index contributed by atoms with van der Waals surface area (Å²) in [4.78, 5) is 0. The van der Waals surface area contributed by atoms with Gasteiger partial charge in [-0.1, -0.05) is 12.1 Å². The molecule has 96 valence electrons. The van der Waals surface area contributed by atoms with Crippen LogP contribution < -0.4 is 10.7 Å². The Morgan fingerprint density at radius 2 is 2.33 bits per heavy atom. The molecule has 5 nitrogen and oxygen atoms in total. The molecule has 0 bridgehead atoms. The van der Waals surface area contributed by atoms with Gasteiger partial charge in [0.15, 0.2) is 6.67 Å². The standard InChI is InChI=1S/C12H17FN5/c1-14-10-18(8-6-15-16-17-18)7-5-11-3-2-4-12(13)9-11/h2-4,6,8-9,14H,5,7,10H2,1H3,(H,15,17)/q+1. The third-order valence-electron chi connectivity index (χ3n) is 2.82. The Balaban J connectivity index is 2.04. The summed E-state index contributed by atoms with van der Waals surface area (Å²) < 4.78 is 13.5. The summed E-state index contributed by atoms with van der Waals surface area (Å²) in [6, 6.07) is 6.65. The number of nitrogens with one attached hydrogen (secondary N) is 2. The average Bonchev–Trinajstić information content (AvgIpc) is 2.38. The summed E-state index contributed by atoms with van der Waals surface area (Å²) in [5.41, 5.74) is 3.64. The van der Waals surface area contributed by atoms with Crippen LogP contribution in [-0.2, 0) is 6.42 Å². The molecule has 0 aromatic heterocycles. The Kier molecular flexibility index (Phi) is 4.01. The molecule has 1 heterocycles. The van der Waals surface area contributed by atoms with E-state index in [0.717, 1.165) is 18.5 Å². The van der Waals surface area contributed by atoms with Crippen molar-refractivity contribution in [1.82, 2.24) is 10.7 Å². The third kappa shape index (κ3) is 3.12. The van der Waals surface area contributed by atoms with E-state index < -0.39 is 0 Å². The molecule has 18 heavy (non-hydrogen) atoms. The van der Waals surface area contributed by atoms with E-state index in [2.05, 4.69) is 21.2 Å². The summed E-state index contributed by atoms with van der Waals surface area (Å²) in [5, 5.41) is 11.1. The molecule has 1 atom stereocenters. The largest absolute Gasteiger partial charge is 0.271 e. The van der Waals surface area contributed by atoms with Gasteiger partial charge in [0, 0.05) is 6.42 Å². The molecule has 0 radical (unpaired) electrons. The van der Waals surface area contributed by atoms with Gasteiger partial charge in [-0.25, -0.2) is 4.39 Å². The minimum atomic E-state index is -0.204. The Hall–Kier alpha value is -1.79. The molecule has 1 unspecified atom stereocenters. The second-order valence-corrected chi connectivity index (χ2v) is 4.24. The molecule has 2 N–H and O–H groups in total. The van der Waals surface area contributed by atoms with Crippen molar-refractivity contribution < 1.29 is 8.98 Å². The first kappa shape index (κ1) is 12.7. The number of halogens is 1. The normalized spacial score (nSPS) is 21.9. The van der Waals surface area contributed by atoms with E-state index in [4.69, 9.17) is 0 Å². The van der Waals surface area contributed by atoms with E-state index in [1.807, 2.05) is 19.3 Å². The van der Waals surface area contributed by atoms with Gasteiger partial charge >= 0.3 is 0 Å². The molecular weight excluding hydrogens is 233 g/mol. The summed E-state index contributed by atoms with van der Waals surface area (Å²) in [5.74, 6) is -0.204. The van der Waals surface area contributed by atoms with E-state index in [9.17, 15) is 4.39 Å². The van der Waals surface area contributed by atoms with Crippen LogP contribution in [-0.4, -0.2) is 24.9 Å². The van der Waals surface area contributed by atoms with Gasteiger partial charge in [-0.15, -0.1) is 4.59 Å². The fourth-order valence-corrected chi connectivity index (χ4v) is 1.92. The summed E-state index contributed by atoms with van der Waals surface area (Å²) >= 11 is 0. The van der Waals surface area contributed by atoms with Crippen molar-refractivity contribution in [2.24, 2.45) is 10.4 Å². The number of rotatable bonds is 5. The number of hydrogen-bond donors (Lipinski definition) is 2. The van der Waals surface area contributed by atoms with Gasteiger partial charge in [0.05, 0.1) is 11.4 Å². The van der Waals surface area contributed by atoms with E-state index >= 15 is 0 Å². The fraction of sp³-hybridized carbons (Fsp3) is 0.333. The van der Waals surface area contributed by atoms with Gasteiger partial charge < -0.3 is 0 Å². The van der Waals surface area contributed by atoms with Crippen molar-refractivity contribution in [3.63, 3.8) is 0 Å². The van der Waals surface area contributed by atoms with Gasteiger partial charge in [0.2, 0.25) is 0 Å². The van der Waals surface area contributed by atoms with Gasteiger partial charge in [0.25, 0.3) is 0 Å². The predicted molar refractivity (Wildman–Crippen MR) is 66.3 cm³/mol. The molecule has 0 fully saturated rings. The van der Waals surface area contributed by atoms with Gasteiger partial charge in [-0.05, 0) is 30.0 Å². The Morgan fingerprint density at radius 3 is 3.00 bits per heavy atom. The van der Waals surface area contributed by atoms with E-state index in [1.165, 1.54) is 6.07 Å². The molecule has 1 aromatic carbocycles. The second-order valence-electron chi connectivity index (χ2n) is 4.24. The molecule has 1 aliphatic rings. The van der Waals surface area contributed by atoms with E-state index in [-0.39, 0.29) is 5.82 Å². The highest BCUT2D eigenvalue weighted by Crippen LogP contribution is 2.14. The first-order valence-electron chi connectivity index (χ1n) is 5.85. The van der Waals surface area contributed by atoms with Crippen LogP contribution in [0, 0.1) is 5.82 Å². The molecule has 1 aliphatic heterocycles. The number of nitrogens with zero attached hydrogens (tertiary/aromatic N) is 3. The highest BCUT2D eigenvalue weighted by atomic mass is 19.1. The van der Waals surface area contributed by atoms with Crippen molar-refractivity contribution >= 4 is 0 Å². The van der Waals surface area contributed by atoms with Crippen LogP contribution in [0.1, 0.15) is 5.56 Å². The van der Waals surface area contributed by atoms with E-state index in [1.54, 1.807) is 18.3 Å². The predicted octanol–water partition coefficient (Wildman–Crippen LogP) is 1.72. The van der Waals surface area contributed by atoms with Crippen LogP contribution in [0.2, 0.25) is 0 Å². The zero-order valence-corrected chi connectivity index (χ0v) is 10.3. The smallest absolute Gasteiger partial charge is 0.163 e. The highest BCUT2D eigenvalue weighted by Gasteiger charge is 2.26. The number of hydrogen-bond acceptors (Lipinski definition) is 4. The zero-order chi connectivity index (χ0) is 12.8. The maximum absolute atomic E-state index is 13.1. The quantitative estimate of drug-likeness (QED) is 0.782. The molecule has 2 rings (SSSR count). The van der Waals surface area contributed by atoms with Crippen LogP contribution in [0.5, 0.6) is 0 Å². The van der Waals surface area contributed by atoms with Crippen molar-refractivity contribution in [2.45, 2.75) is 6.42 Å². The minimum Gasteiger partial charge on any atom is -0.271 e. The molecule has 0 aliphatic carbocycles. The van der Waals surface area contributed by atoms with Gasteiger partial charge in [-0.3, -0.25) is 10.7 Å². The highest BCUT2D eigenvalue weighted by molar-refractivity contribution is 5.16. The summed E-state index contributed by atoms with van der Waals surface area (Å²) in [6.45, 7) is 1.38.